The maximum absolute atomic E-state index is 11.8. The summed E-state index contributed by atoms with van der Waals surface area (Å²) in [5.41, 5.74) is 0. The van der Waals surface area contributed by atoms with Gasteiger partial charge in [0.2, 0.25) is 5.91 Å². The van der Waals surface area contributed by atoms with Crippen LogP contribution in [0.25, 0.3) is 10.8 Å². The topological polar surface area (TPSA) is 75.2 Å². The maximum Gasteiger partial charge on any atom is 0.329 e. The molecule has 2 heterocycles. The molecule has 1 saturated heterocycles. The van der Waals surface area contributed by atoms with Gasteiger partial charge in [-0.15, -0.1) is 5.10 Å². The second-order valence-electron chi connectivity index (χ2n) is 4.15. The van der Waals surface area contributed by atoms with E-state index in [0.717, 1.165) is 15.2 Å². The van der Waals surface area contributed by atoms with Gasteiger partial charge in [0.1, 0.15) is 0 Å². The second-order valence-corrected chi connectivity index (χ2v) is 5.07. The number of rotatable bonds is 1. The van der Waals surface area contributed by atoms with Crippen molar-refractivity contribution in [3.8, 4) is 0 Å². The largest absolute Gasteiger partial charge is 0.329 e. The van der Waals surface area contributed by atoms with E-state index in [2.05, 4.69) is 31.4 Å². The van der Waals surface area contributed by atoms with E-state index in [-0.39, 0.29) is 12.3 Å². The van der Waals surface area contributed by atoms with Gasteiger partial charge in [-0.2, -0.15) is 5.10 Å². The van der Waals surface area contributed by atoms with Crippen molar-refractivity contribution in [2.45, 2.75) is 6.42 Å². The molecule has 2 aromatic rings. The molecule has 1 aliphatic heterocycles. The van der Waals surface area contributed by atoms with E-state index in [1.807, 2.05) is 18.2 Å². The molecule has 19 heavy (non-hydrogen) atoms. The van der Waals surface area contributed by atoms with Crippen molar-refractivity contribution in [1.82, 2.24) is 15.5 Å². The molecular formula is C12H9BrN4O2. The first-order chi connectivity index (χ1) is 9.15. The Hall–Kier alpha value is -2.02. The monoisotopic (exact) mass is 320 g/mol. The molecule has 0 radical (unpaired) electrons. The average molecular weight is 321 g/mol. The minimum absolute atomic E-state index is 0.262. The van der Waals surface area contributed by atoms with Crippen LogP contribution in [-0.2, 0) is 4.79 Å². The third kappa shape index (κ3) is 2.17. The third-order valence-electron chi connectivity index (χ3n) is 2.92. The molecule has 0 atom stereocenters. The number of amides is 3. The molecule has 0 aliphatic carbocycles. The summed E-state index contributed by atoms with van der Waals surface area (Å²) in [6.45, 7) is 0.310. The van der Waals surface area contributed by atoms with Crippen LogP contribution in [0.15, 0.2) is 28.9 Å². The Morgan fingerprint density at radius 3 is 2.95 bits per heavy atom. The number of carbonyl (C=O) groups is 2. The van der Waals surface area contributed by atoms with E-state index in [1.54, 1.807) is 6.20 Å². The first-order valence-corrected chi connectivity index (χ1v) is 6.47. The number of imide groups is 1. The van der Waals surface area contributed by atoms with Gasteiger partial charge >= 0.3 is 6.03 Å². The number of nitrogens with zero attached hydrogens (tertiary/aromatic N) is 3. The minimum atomic E-state index is -0.460. The molecule has 1 fully saturated rings. The molecule has 96 valence electrons. The van der Waals surface area contributed by atoms with E-state index in [9.17, 15) is 9.59 Å². The molecule has 7 heteroatoms. The van der Waals surface area contributed by atoms with Gasteiger partial charge in [-0.3, -0.25) is 15.0 Å². The van der Waals surface area contributed by atoms with Crippen LogP contribution in [0.3, 0.4) is 0 Å². The summed E-state index contributed by atoms with van der Waals surface area (Å²) in [4.78, 5) is 24.4. The highest BCUT2D eigenvalue weighted by Crippen LogP contribution is 2.27. The van der Waals surface area contributed by atoms with Crippen LogP contribution in [0, 0.1) is 0 Å². The van der Waals surface area contributed by atoms with E-state index in [4.69, 9.17) is 0 Å². The number of anilines is 1. The van der Waals surface area contributed by atoms with Gasteiger partial charge in [-0.25, -0.2) is 4.79 Å². The number of carbonyl (C=O) groups excluding carboxylic acids is 2. The van der Waals surface area contributed by atoms with Crippen LogP contribution in [0.2, 0.25) is 0 Å². The molecule has 0 bridgehead atoms. The van der Waals surface area contributed by atoms with Crippen LogP contribution in [-0.4, -0.2) is 28.7 Å². The van der Waals surface area contributed by atoms with Gasteiger partial charge in [-0.1, -0.05) is 22.0 Å². The molecule has 1 aromatic carbocycles. The number of benzene rings is 1. The van der Waals surface area contributed by atoms with Crippen LogP contribution in [0.4, 0.5) is 10.6 Å². The zero-order valence-corrected chi connectivity index (χ0v) is 11.3. The Morgan fingerprint density at radius 2 is 2.16 bits per heavy atom. The van der Waals surface area contributed by atoms with Crippen LogP contribution >= 0.6 is 15.9 Å². The van der Waals surface area contributed by atoms with Crippen molar-refractivity contribution in [1.29, 1.82) is 0 Å². The predicted octanol–water partition coefficient (Wildman–Crippen LogP) is 1.84. The van der Waals surface area contributed by atoms with Gasteiger partial charge in [0.05, 0.1) is 6.20 Å². The summed E-state index contributed by atoms with van der Waals surface area (Å²) < 4.78 is 0.891. The van der Waals surface area contributed by atoms with Gasteiger partial charge < -0.3 is 0 Å². The van der Waals surface area contributed by atoms with E-state index < -0.39 is 6.03 Å². The van der Waals surface area contributed by atoms with Gasteiger partial charge in [0.25, 0.3) is 0 Å². The third-order valence-corrected chi connectivity index (χ3v) is 3.41. The SMILES string of the molecule is O=C1CCN(c2nncc3ccc(Br)cc23)C(=O)N1. The van der Waals surface area contributed by atoms with Gasteiger partial charge in [0.15, 0.2) is 5.82 Å². The van der Waals surface area contributed by atoms with E-state index >= 15 is 0 Å². The first kappa shape index (κ1) is 12.0. The summed E-state index contributed by atoms with van der Waals surface area (Å²) in [5.74, 6) is 0.194. The average Bonchev–Trinajstić information content (AvgIpc) is 2.38. The molecule has 3 amide bonds. The molecular weight excluding hydrogens is 312 g/mol. The predicted molar refractivity (Wildman–Crippen MR) is 72.7 cm³/mol. The highest BCUT2D eigenvalue weighted by Gasteiger charge is 2.26. The summed E-state index contributed by atoms with van der Waals surface area (Å²) in [6.07, 6.45) is 1.90. The lowest BCUT2D eigenvalue weighted by Crippen LogP contribution is -2.50. The fraction of sp³-hybridized carbons (Fsp3) is 0.167. The smallest absolute Gasteiger partial charge is 0.278 e. The standard InChI is InChI=1S/C12H9BrN4O2/c13-8-2-1-7-6-14-16-11(9(7)5-8)17-4-3-10(18)15-12(17)19/h1-2,5-6H,3-4H2,(H,15,18,19). The Morgan fingerprint density at radius 1 is 1.32 bits per heavy atom. The van der Waals surface area contributed by atoms with Gasteiger partial charge in [0, 0.05) is 28.2 Å². The van der Waals surface area contributed by atoms with Crippen molar-refractivity contribution < 1.29 is 9.59 Å². The minimum Gasteiger partial charge on any atom is -0.278 e. The van der Waals surface area contributed by atoms with Crippen molar-refractivity contribution in [3.05, 3.63) is 28.9 Å². The summed E-state index contributed by atoms with van der Waals surface area (Å²) in [5, 5.41) is 11.9. The summed E-state index contributed by atoms with van der Waals surface area (Å²) in [6, 6.07) is 5.21. The van der Waals surface area contributed by atoms with E-state index in [0.29, 0.717) is 12.4 Å². The summed E-state index contributed by atoms with van der Waals surface area (Å²) >= 11 is 3.39. The molecule has 0 unspecified atom stereocenters. The number of urea groups is 1. The lowest BCUT2D eigenvalue weighted by atomic mass is 10.2. The second kappa shape index (κ2) is 4.58. The molecule has 0 saturated carbocycles. The molecule has 6 nitrogen and oxygen atoms in total. The van der Waals surface area contributed by atoms with Crippen LogP contribution in [0.1, 0.15) is 6.42 Å². The zero-order valence-electron chi connectivity index (χ0n) is 9.76. The number of fused-ring (bicyclic) bond motifs is 1. The van der Waals surface area contributed by atoms with Gasteiger partial charge in [-0.05, 0) is 12.1 Å². The number of hydrogen-bond acceptors (Lipinski definition) is 4. The van der Waals surface area contributed by atoms with Crippen molar-refractivity contribution in [3.63, 3.8) is 0 Å². The molecule has 1 N–H and O–H groups in total. The lowest BCUT2D eigenvalue weighted by Gasteiger charge is -2.25. The fourth-order valence-electron chi connectivity index (χ4n) is 2.00. The van der Waals surface area contributed by atoms with Crippen molar-refractivity contribution >= 4 is 44.5 Å². The zero-order chi connectivity index (χ0) is 13.4. The fourth-order valence-corrected chi connectivity index (χ4v) is 2.36. The Bertz CT molecular complexity index is 688. The van der Waals surface area contributed by atoms with Crippen LogP contribution in [0.5, 0.6) is 0 Å². The number of nitrogens with one attached hydrogen (secondary N) is 1. The Balaban J connectivity index is 2.12. The Kier molecular flexibility index (Phi) is 2.90. The van der Waals surface area contributed by atoms with Crippen molar-refractivity contribution in [2.75, 3.05) is 11.4 Å². The molecule has 3 rings (SSSR count). The summed E-state index contributed by atoms with van der Waals surface area (Å²) in [7, 11) is 0. The highest BCUT2D eigenvalue weighted by molar-refractivity contribution is 9.10. The lowest BCUT2D eigenvalue weighted by molar-refractivity contribution is -0.120. The maximum atomic E-state index is 11.8. The molecule has 1 aromatic heterocycles. The normalized spacial score (nSPS) is 15.7. The molecule has 1 aliphatic rings. The highest BCUT2D eigenvalue weighted by atomic mass is 79.9. The Labute approximate surface area is 116 Å². The number of hydrogen-bond donors (Lipinski definition) is 1. The first-order valence-electron chi connectivity index (χ1n) is 5.67. The van der Waals surface area contributed by atoms with Crippen LogP contribution < -0.4 is 10.2 Å². The quantitative estimate of drug-likeness (QED) is 0.870. The number of halogens is 1. The van der Waals surface area contributed by atoms with Crippen molar-refractivity contribution in [2.24, 2.45) is 0 Å². The molecule has 0 spiro atoms. The van der Waals surface area contributed by atoms with E-state index in [1.165, 1.54) is 4.90 Å². The number of aromatic nitrogens is 2.